The maximum Gasteiger partial charge on any atom is 0.305 e. The van der Waals surface area contributed by atoms with Crippen LogP contribution in [0, 0.1) is 5.41 Å². The molecule has 0 unspecified atom stereocenters. The maximum atomic E-state index is 11.1. The summed E-state index contributed by atoms with van der Waals surface area (Å²) in [5, 5.41) is 22.2. The summed E-state index contributed by atoms with van der Waals surface area (Å²) < 4.78 is 1.47. The predicted molar refractivity (Wildman–Crippen MR) is 117 cm³/mol. The number of benzene rings is 3. The number of rotatable bonds is 6. The van der Waals surface area contributed by atoms with Gasteiger partial charge in [0.15, 0.2) is 0 Å². The Morgan fingerprint density at radius 2 is 1.33 bits per heavy atom. The lowest BCUT2D eigenvalue weighted by atomic mass is 10.00. The largest absolute Gasteiger partial charge is 0.481 e. The van der Waals surface area contributed by atoms with Crippen LogP contribution in [0.15, 0.2) is 91.0 Å². The molecule has 0 fully saturated rings. The molecule has 3 aromatic carbocycles. The first-order valence-corrected chi connectivity index (χ1v) is 9.71. The van der Waals surface area contributed by atoms with Crippen LogP contribution in [0.4, 0.5) is 0 Å². The summed E-state index contributed by atoms with van der Waals surface area (Å²) in [4.78, 5) is 11.1. The fourth-order valence-corrected chi connectivity index (χ4v) is 3.36. The third kappa shape index (κ3) is 4.20. The van der Waals surface area contributed by atoms with Crippen molar-refractivity contribution in [2.75, 3.05) is 0 Å². The van der Waals surface area contributed by atoms with Crippen molar-refractivity contribution < 1.29 is 9.90 Å². The molecule has 0 aliphatic rings. The Labute approximate surface area is 174 Å². The van der Waals surface area contributed by atoms with Crippen molar-refractivity contribution in [1.82, 2.24) is 9.78 Å². The Hall–Kier alpha value is -3.99. The van der Waals surface area contributed by atoms with Crippen molar-refractivity contribution >= 4 is 5.97 Å². The zero-order chi connectivity index (χ0) is 20.9. The minimum absolute atomic E-state index is 0.0891. The maximum absolute atomic E-state index is 11.1. The van der Waals surface area contributed by atoms with E-state index >= 15 is 0 Å². The van der Waals surface area contributed by atoms with Gasteiger partial charge in [-0.2, -0.15) is 5.10 Å². The standard InChI is InChI=1S/C25H21N3O2/c26-25-22(20-13-11-19(12-14-20)18-7-3-1-4-8-18)17-23(21-9-5-2-6-10-21)27-28(25)16-15-24(29)30/h1-14,17,26H,15-16H2,(H,29,30). The average molecular weight is 395 g/mol. The van der Waals surface area contributed by atoms with Gasteiger partial charge in [-0.25, -0.2) is 4.68 Å². The molecule has 4 aromatic rings. The second kappa shape index (κ2) is 8.57. The number of nitrogens with zero attached hydrogens (tertiary/aromatic N) is 2. The van der Waals surface area contributed by atoms with Gasteiger partial charge in [0.05, 0.1) is 18.7 Å². The van der Waals surface area contributed by atoms with Crippen LogP contribution in [-0.4, -0.2) is 20.9 Å². The fourth-order valence-electron chi connectivity index (χ4n) is 3.36. The highest BCUT2D eigenvalue weighted by molar-refractivity contribution is 5.73. The third-order valence-corrected chi connectivity index (χ3v) is 4.93. The number of carboxylic acid groups (broad SMARTS) is 1. The first-order chi connectivity index (χ1) is 14.6. The van der Waals surface area contributed by atoms with Crippen molar-refractivity contribution in [1.29, 1.82) is 5.41 Å². The Kier molecular flexibility index (Phi) is 5.52. The molecule has 5 nitrogen and oxygen atoms in total. The van der Waals surface area contributed by atoms with Crippen LogP contribution in [0.25, 0.3) is 33.5 Å². The van der Waals surface area contributed by atoms with Gasteiger partial charge in [0.25, 0.3) is 0 Å². The lowest BCUT2D eigenvalue weighted by molar-refractivity contribution is -0.137. The molecule has 0 bridgehead atoms. The lowest BCUT2D eigenvalue weighted by Crippen LogP contribution is -2.26. The summed E-state index contributed by atoms with van der Waals surface area (Å²) in [5.74, 6) is -0.914. The molecule has 0 radical (unpaired) electrons. The highest BCUT2D eigenvalue weighted by atomic mass is 16.4. The van der Waals surface area contributed by atoms with Gasteiger partial charge in [-0.3, -0.25) is 10.2 Å². The topological polar surface area (TPSA) is 79.0 Å². The number of nitrogens with one attached hydrogen (secondary N) is 1. The minimum atomic E-state index is -0.914. The van der Waals surface area contributed by atoms with E-state index in [1.54, 1.807) is 0 Å². The van der Waals surface area contributed by atoms with Crippen LogP contribution in [0.1, 0.15) is 6.42 Å². The van der Waals surface area contributed by atoms with Gasteiger partial charge in [-0.15, -0.1) is 0 Å². The Morgan fingerprint density at radius 3 is 1.93 bits per heavy atom. The number of carboxylic acids is 1. The molecular weight excluding hydrogens is 374 g/mol. The monoisotopic (exact) mass is 395 g/mol. The second-order valence-corrected chi connectivity index (χ2v) is 6.97. The number of hydrogen-bond donors (Lipinski definition) is 2. The Morgan fingerprint density at radius 1 is 0.800 bits per heavy atom. The number of carbonyl (C=O) groups is 1. The van der Waals surface area contributed by atoms with E-state index in [9.17, 15) is 4.79 Å². The van der Waals surface area contributed by atoms with Gasteiger partial charge < -0.3 is 5.11 Å². The highest BCUT2D eigenvalue weighted by Crippen LogP contribution is 2.25. The smallest absolute Gasteiger partial charge is 0.305 e. The van der Waals surface area contributed by atoms with Crippen LogP contribution in [0.2, 0.25) is 0 Å². The van der Waals surface area contributed by atoms with E-state index < -0.39 is 5.97 Å². The van der Waals surface area contributed by atoms with Crippen molar-refractivity contribution in [2.45, 2.75) is 13.0 Å². The van der Waals surface area contributed by atoms with Gasteiger partial charge in [0.2, 0.25) is 0 Å². The zero-order valence-corrected chi connectivity index (χ0v) is 16.3. The molecule has 30 heavy (non-hydrogen) atoms. The molecule has 5 heteroatoms. The fraction of sp³-hybridized carbons (Fsp3) is 0.0800. The van der Waals surface area contributed by atoms with Gasteiger partial charge in [-0.05, 0) is 22.8 Å². The van der Waals surface area contributed by atoms with Crippen molar-refractivity contribution in [3.05, 3.63) is 96.5 Å². The Bertz CT molecular complexity index is 1210. The van der Waals surface area contributed by atoms with Crippen LogP contribution in [0.5, 0.6) is 0 Å². The van der Waals surface area contributed by atoms with Gasteiger partial charge in [-0.1, -0.05) is 84.9 Å². The first-order valence-electron chi connectivity index (χ1n) is 9.71. The molecule has 0 spiro atoms. The highest BCUT2D eigenvalue weighted by Gasteiger charge is 2.11. The van der Waals surface area contributed by atoms with E-state index in [0.717, 1.165) is 22.3 Å². The van der Waals surface area contributed by atoms with Crippen LogP contribution < -0.4 is 5.49 Å². The molecule has 4 rings (SSSR count). The molecular formula is C25H21N3O2. The lowest BCUT2D eigenvalue weighted by Gasteiger charge is -2.13. The SMILES string of the molecule is N=c1c(-c2ccc(-c3ccccc3)cc2)cc(-c2ccccc2)nn1CCC(=O)O. The molecule has 2 N–H and O–H groups in total. The zero-order valence-electron chi connectivity index (χ0n) is 16.3. The summed E-state index contributed by atoms with van der Waals surface area (Å²) >= 11 is 0. The van der Waals surface area contributed by atoms with E-state index in [1.165, 1.54) is 4.68 Å². The number of aliphatic carboxylic acids is 1. The second-order valence-electron chi connectivity index (χ2n) is 6.97. The van der Waals surface area contributed by atoms with E-state index in [0.29, 0.717) is 11.3 Å². The predicted octanol–water partition coefficient (Wildman–Crippen LogP) is 4.84. The molecule has 1 aromatic heterocycles. The van der Waals surface area contributed by atoms with Crippen molar-refractivity contribution in [3.63, 3.8) is 0 Å². The van der Waals surface area contributed by atoms with Gasteiger partial charge in [0.1, 0.15) is 5.49 Å². The molecule has 0 saturated heterocycles. The average Bonchev–Trinajstić information content (AvgIpc) is 2.79. The molecule has 0 aliphatic carbocycles. The number of aryl methyl sites for hydroxylation is 1. The summed E-state index contributed by atoms with van der Waals surface area (Å²) in [6.45, 7) is 0.143. The quantitative estimate of drug-likeness (QED) is 0.490. The van der Waals surface area contributed by atoms with Crippen LogP contribution in [-0.2, 0) is 11.3 Å². The molecule has 0 amide bonds. The minimum Gasteiger partial charge on any atom is -0.481 e. The van der Waals surface area contributed by atoms with E-state index in [-0.39, 0.29) is 18.5 Å². The first kappa shape index (κ1) is 19.3. The van der Waals surface area contributed by atoms with E-state index in [1.807, 2.05) is 78.9 Å². The summed E-state index contributed by atoms with van der Waals surface area (Å²) in [7, 11) is 0. The molecule has 1 heterocycles. The molecule has 148 valence electrons. The molecule has 0 atom stereocenters. The summed E-state index contributed by atoms with van der Waals surface area (Å²) in [5.41, 5.74) is 5.66. The molecule has 0 saturated carbocycles. The Balaban J connectivity index is 1.79. The third-order valence-electron chi connectivity index (χ3n) is 4.93. The normalized spacial score (nSPS) is 10.7. The van der Waals surface area contributed by atoms with E-state index in [4.69, 9.17) is 10.5 Å². The van der Waals surface area contributed by atoms with Gasteiger partial charge >= 0.3 is 5.97 Å². The summed E-state index contributed by atoms with van der Waals surface area (Å²) in [6.07, 6.45) is -0.0891. The van der Waals surface area contributed by atoms with Crippen molar-refractivity contribution in [3.8, 4) is 33.5 Å². The number of aromatic nitrogens is 2. The summed E-state index contributed by atoms with van der Waals surface area (Å²) in [6, 6.07) is 29.8. The molecule has 0 aliphatic heterocycles. The van der Waals surface area contributed by atoms with Crippen LogP contribution >= 0.6 is 0 Å². The van der Waals surface area contributed by atoms with E-state index in [2.05, 4.69) is 17.2 Å². The van der Waals surface area contributed by atoms with Crippen LogP contribution in [0.3, 0.4) is 0 Å². The van der Waals surface area contributed by atoms with Gasteiger partial charge in [0, 0.05) is 11.1 Å². The van der Waals surface area contributed by atoms with Crippen molar-refractivity contribution in [2.24, 2.45) is 0 Å². The number of hydrogen-bond acceptors (Lipinski definition) is 3.